The molecule has 1 aromatic rings. The third-order valence-electron chi connectivity index (χ3n) is 1.49. The number of hydrazine groups is 1. The van der Waals surface area contributed by atoms with E-state index in [0.29, 0.717) is 0 Å². The number of nitriles is 1. The zero-order valence-electron chi connectivity index (χ0n) is 7.30. The molecule has 80 valence electrons. The molecule has 0 saturated heterocycles. The average molecular weight is 233 g/mol. The minimum atomic E-state index is -4.40. The number of nitrogen functional groups attached to an aromatic ring is 1. The van der Waals surface area contributed by atoms with E-state index in [1.54, 1.807) is 6.07 Å². The molecule has 7 heteroatoms. The van der Waals surface area contributed by atoms with E-state index in [9.17, 15) is 13.2 Å². The Morgan fingerprint density at radius 1 is 1.40 bits per heavy atom. The summed E-state index contributed by atoms with van der Waals surface area (Å²) in [5, 5.41) is 8.53. The van der Waals surface area contributed by atoms with Crippen molar-refractivity contribution >= 4 is 17.4 Å². The lowest BCUT2D eigenvalue weighted by Gasteiger charge is -2.10. The van der Waals surface area contributed by atoms with Gasteiger partial charge in [-0.2, -0.15) is 18.4 Å². The molecule has 0 bridgehead atoms. The second-order valence-electron chi connectivity index (χ2n) is 2.51. The molecule has 15 heavy (non-hydrogen) atoms. The predicted octanol–water partition coefficient (Wildman–Crippen LogP) is 2.46. The highest BCUT2D eigenvalue weighted by Gasteiger charge is 2.30. The third kappa shape index (κ3) is 3.34. The molecule has 1 rings (SSSR count). The molecule has 0 aliphatic rings. The third-order valence-corrected chi connectivity index (χ3v) is 2.28. The first-order chi connectivity index (χ1) is 6.96. The molecule has 0 atom stereocenters. The first kappa shape index (κ1) is 11.7. The van der Waals surface area contributed by atoms with Crippen LogP contribution in [0.4, 0.5) is 18.9 Å². The van der Waals surface area contributed by atoms with E-state index < -0.39 is 5.51 Å². The Balaban J connectivity index is 3.08. The van der Waals surface area contributed by atoms with Crippen LogP contribution in [0.1, 0.15) is 5.56 Å². The van der Waals surface area contributed by atoms with Crippen molar-refractivity contribution in [3.63, 3.8) is 0 Å². The standard InChI is InChI=1S/C8H6F3N3S/c9-8(10,11)15-7-3-5(4-12)1-2-6(7)14-13/h1-3,14H,13H2. The zero-order valence-corrected chi connectivity index (χ0v) is 8.12. The highest BCUT2D eigenvalue weighted by molar-refractivity contribution is 8.00. The summed E-state index contributed by atoms with van der Waals surface area (Å²) in [6.07, 6.45) is 0. The topological polar surface area (TPSA) is 61.8 Å². The van der Waals surface area contributed by atoms with Gasteiger partial charge in [0.25, 0.3) is 0 Å². The Hall–Kier alpha value is -1.39. The van der Waals surface area contributed by atoms with Crippen LogP contribution in [0.5, 0.6) is 0 Å². The minimum absolute atomic E-state index is 0.121. The average Bonchev–Trinajstić information content (AvgIpc) is 2.15. The lowest BCUT2D eigenvalue weighted by molar-refractivity contribution is -0.0327. The Morgan fingerprint density at radius 2 is 2.07 bits per heavy atom. The van der Waals surface area contributed by atoms with Crippen LogP contribution >= 0.6 is 11.8 Å². The van der Waals surface area contributed by atoms with Crippen LogP contribution in [-0.2, 0) is 0 Å². The molecular weight excluding hydrogens is 227 g/mol. The first-order valence-electron chi connectivity index (χ1n) is 3.73. The number of nitrogens with one attached hydrogen (secondary N) is 1. The highest BCUT2D eigenvalue weighted by atomic mass is 32.2. The molecule has 0 amide bonds. The number of alkyl halides is 3. The van der Waals surface area contributed by atoms with Gasteiger partial charge in [0.2, 0.25) is 0 Å². The van der Waals surface area contributed by atoms with E-state index in [1.165, 1.54) is 12.1 Å². The quantitative estimate of drug-likeness (QED) is 0.468. The number of benzene rings is 1. The maximum absolute atomic E-state index is 12.1. The van der Waals surface area contributed by atoms with E-state index in [2.05, 4.69) is 5.43 Å². The van der Waals surface area contributed by atoms with Crippen LogP contribution in [-0.4, -0.2) is 5.51 Å². The molecule has 0 unspecified atom stereocenters. The van der Waals surface area contributed by atoms with E-state index >= 15 is 0 Å². The number of nitrogens with two attached hydrogens (primary N) is 1. The normalized spacial score (nSPS) is 10.9. The van der Waals surface area contributed by atoms with Gasteiger partial charge in [-0.15, -0.1) is 0 Å². The van der Waals surface area contributed by atoms with Gasteiger partial charge < -0.3 is 5.43 Å². The summed E-state index contributed by atoms with van der Waals surface area (Å²) in [6, 6.07) is 5.60. The lowest BCUT2D eigenvalue weighted by atomic mass is 10.2. The predicted molar refractivity (Wildman–Crippen MR) is 50.9 cm³/mol. The van der Waals surface area contributed by atoms with Crippen molar-refractivity contribution in [3.8, 4) is 6.07 Å². The van der Waals surface area contributed by atoms with Gasteiger partial charge >= 0.3 is 5.51 Å². The van der Waals surface area contributed by atoms with Crippen LogP contribution in [0, 0.1) is 11.3 Å². The molecule has 0 aliphatic carbocycles. The van der Waals surface area contributed by atoms with Gasteiger partial charge in [0, 0.05) is 4.90 Å². The second kappa shape index (κ2) is 4.42. The van der Waals surface area contributed by atoms with Gasteiger partial charge in [-0.25, -0.2) is 0 Å². The van der Waals surface area contributed by atoms with Crippen molar-refractivity contribution in [1.29, 1.82) is 5.26 Å². The van der Waals surface area contributed by atoms with Gasteiger partial charge in [-0.1, -0.05) is 0 Å². The monoisotopic (exact) mass is 233 g/mol. The first-order valence-corrected chi connectivity index (χ1v) is 4.54. The van der Waals surface area contributed by atoms with Crippen molar-refractivity contribution in [3.05, 3.63) is 23.8 Å². The van der Waals surface area contributed by atoms with E-state index in [1.807, 2.05) is 0 Å². The molecule has 0 radical (unpaired) electrons. The number of anilines is 1. The van der Waals surface area contributed by atoms with Crippen molar-refractivity contribution in [1.82, 2.24) is 0 Å². The summed E-state index contributed by atoms with van der Waals surface area (Å²) < 4.78 is 36.3. The molecule has 0 aromatic heterocycles. The Kier molecular flexibility index (Phi) is 3.44. The number of thioether (sulfide) groups is 1. The fourth-order valence-corrected chi connectivity index (χ4v) is 1.59. The van der Waals surface area contributed by atoms with Gasteiger partial charge in [0.15, 0.2) is 0 Å². The molecule has 0 spiro atoms. The molecule has 0 aliphatic heterocycles. The summed E-state index contributed by atoms with van der Waals surface area (Å²) >= 11 is -0.312. The number of hydrogen-bond donors (Lipinski definition) is 2. The summed E-state index contributed by atoms with van der Waals surface area (Å²) in [7, 11) is 0. The summed E-state index contributed by atoms with van der Waals surface area (Å²) in [4.78, 5) is -0.121. The number of nitrogens with zero attached hydrogens (tertiary/aromatic N) is 1. The number of hydrogen-bond acceptors (Lipinski definition) is 4. The van der Waals surface area contributed by atoms with E-state index in [4.69, 9.17) is 11.1 Å². The van der Waals surface area contributed by atoms with Crippen molar-refractivity contribution in [2.45, 2.75) is 10.4 Å². The summed E-state index contributed by atoms with van der Waals surface area (Å²) in [5.74, 6) is 5.05. The van der Waals surface area contributed by atoms with Gasteiger partial charge in [0.1, 0.15) is 0 Å². The number of rotatable bonds is 2. The van der Waals surface area contributed by atoms with E-state index in [0.717, 1.165) is 6.07 Å². The fourth-order valence-electron chi connectivity index (χ4n) is 0.920. The SMILES string of the molecule is N#Cc1ccc(NN)c(SC(F)(F)F)c1. The molecule has 1 aromatic carbocycles. The maximum Gasteiger partial charge on any atom is 0.446 e. The van der Waals surface area contributed by atoms with Crippen molar-refractivity contribution in [2.75, 3.05) is 5.43 Å². The van der Waals surface area contributed by atoms with Crippen molar-refractivity contribution in [2.24, 2.45) is 5.84 Å². The Morgan fingerprint density at radius 3 is 2.53 bits per heavy atom. The Labute approximate surface area is 88.0 Å². The summed E-state index contributed by atoms with van der Waals surface area (Å²) in [6.45, 7) is 0. The fraction of sp³-hybridized carbons (Fsp3) is 0.125. The lowest BCUT2D eigenvalue weighted by Crippen LogP contribution is -2.09. The molecule has 0 heterocycles. The Bertz CT molecular complexity index is 397. The van der Waals surface area contributed by atoms with Crippen molar-refractivity contribution < 1.29 is 13.2 Å². The van der Waals surface area contributed by atoms with Crippen LogP contribution in [0.15, 0.2) is 23.1 Å². The van der Waals surface area contributed by atoms with Gasteiger partial charge in [-0.3, -0.25) is 5.84 Å². The van der Waals surface area contributed by atoms with Crippen LogP contribution < -0.4 is 11.3 Å². The molecular formula is C8H6F3N3S. The van der Waals surface area contributed by atoms with E-state index in [-0.39, 0.29) is 27.9 Å². The molecule has 3 nitrogen and oxygen atoms in total. The van der Waals surface area contributed by atoms with Gasteiger partial charge in [-0.05, 0) is 30.0 Å². The summed E-state index contributed by atoms with van der Waals surface area (Å²) in [5.41, 5.74) is -1.97. The number of halogens is 3. The smallest absolute Gasteiger partial charge is 0.323 e. The highest BCUT2D eigenvalue weighted by Crippen LogP contribution is 2.40. The molecule has 3 N–H and O–H groups in total. The van der Waals surface area contributed by atoms with Crippen LogP contribution in [0.2, 0.25) is 0 Å². The zero-order chi connectivity index (χ0) is 11.5. The molecule has 0 saturated carbocycles. The molecule has 0 fully saturated rings. The minimum Gasteiger partial charge on any atom is -0.323 e. The largest absolute Gasteiger partial charge is 0.446 e. The second-order valence-corrected chi connectivity index (χ2v) is 3.62. The van der Waals surface area contributed by atoms with Gasteiger partial charge in [0.05, 0.1) is 17.3 Å². The van der Waals surface area contributed by atoms with Crippen LogP contribution in [0.25, 0.3) is 0 Å². The maximum atomic E-state index is 12.1. The van der Waals surface area contributed by atoms with Crippen LogP contribution in [0.3, 0.4) is 0 Å².